The first kappa shape index (κ1) is 23.0. The van der Waals surface area contributed by atoms with Crippen LogP contribution < -0.4 is 18.9 Å². The number of hydrogen-bond acceptors (Lipinski definition) is 6. The molecule has 0 fully saturated rings. The summed E-state index contributed by atoms with van der Waals surface area (Å²) in [6, 6.07) is 10.6. The quantitative estimate of drug-likeness (QED) is 0.221. The van der Waals surface area contributed by atoms with Crippen LogP contribution in [-0.2, 0) is 4.79 Å². The van der Waals surface area contributed by atoms with Crippen LogP contribution in [0.4, 0.5) is 0 Å². The third-order valence-electron chi connectivity index (χ3n) is 4.03. The van der Waals surface area contributed by atoms with E-state index in [1.165, 1.54) is 12.1 Å². The van der Waals surface area contributed by atoms with Gasteiger partial charge in [0, 0.05) is 18.6 Å². The van der Waals surface area contributed by atoms with E-state index >= 15 is 0 Å². The van der Waals surface area contributed by atoms with Crippen molar-refractivity contribution in [2.75, 3.05) is 19.8 Å². The summed E-state index contributed by atoms with van der Waals surface area (Å²) in [5.41, 5.74) is 1.02. The van der Waals surface area contributed by atoms with Crippen molar-refractivity contribution in [3.8, 4) is 23.0 Å². The summed E-state index contributed by atoms with van der Waals surface area (Å²) in [5, 5.41) is 0. The Morgan fingerprint density at radius 2 is 1.40 bits per heavy atom. The fraction of sp³-hybridized carbons (Fsp3) is 0.333. The second-order valence-corrected chi connectivity index (χ2v) is 6.19. The van der Waals surface area contributed by atoms with Gasteiger partial charge in [-0.05, 0) is 44.5 Å². The molecule has 0 atom stereocenters. The molecule has 0 aliphatic heterocycles. The second kappa shape index (κ2) is 11.7. The lowest BCUT2D eigenvalue weighted by Gasteiger charge is -2.15. The molecule has 0 aromatic heterocycles. The second-order valence-electron chi connectivity index (χ2n) is 6.19. The van der Waals surface area contributed by atoms with Crippen molar-refractivity contribution in [2.45, 2.75) is 34.1 Å². The maximum atomic E-state index is 13.0. The average molecular weight is 412 g/mol. The van der Waals surface area contributed by atoms with Gasteiger partial charge in [-0.25, -0.2) is 0 Å². The molecule has 2 rings (SSSR count). The molecule has 0 spiro atoms. The predicted molar refractivity (Wildman–Crippen MR) is 116 cm³/mol. The Bertz CT molecular complexity index is 883. The standard InChI is InChI=1S/C24H28O6/c1-5-23(26)30-22-16-19(28-7-3)15-21(29-8-4)24(22)20(25)14-11-17-9-12-18(13-10-17)27-6-2/h9-16H,5-8H2,1-4H3. The maximum Gasteiger partial charge on any atom is 0.310 e. The number of carbonyl (C=O) groups is 2. The van der Waals surface area contributed by atoms with E-state index in [-0.39, 0.29) is 23.5 Å². The van der Waals surface area contributed by atoms with E-state index in [0.717, 1.165) is 11.3 Å². The third kappa shape index (κ3) is 6.37. The van der Waals surface area contributed by atoms with Crippen molar-refractivity contribution < 1.29 is 28.5 Å². The molecule has 0 aliphatic rings. The van der Waals surface area contributed by atoms with Crippen LogP contribution in [0.25, 0.3) is 6.08 Å². The molecule has 0 saturated heterocycles. The fourth-order valence-electron chi connectivity index (χ4n) is 2.70. The average Bonchev–Trinajstić information content (AvgIpc) is 2.73. The van der Waals surface area contributed by atoms with E-state index in [1.807, 2.05) is 45.0 Å². The molecule has 0 aliphatic carbocycles. The molecule has 0 N–H and O–H groups in total. The van der Waals surface area contributed by atoms with Gasteiger partial charge in [0.2, 0.25) is 0 Å². The molecular weight excluding hydrogens is 384 g/mol. The van der Waals surface area contributed by atoms with Crippen LogP contribution >= 0.6 is 0 Å². The highest BCUT2D eigenvalue weighted by atomic mass is 16.5. The van der Waals surface area contributed by atoms with Crippen LogP contribution in [0.2, 0.25) is 0 Å². The summed E-state index contributed by atoms with van der Waals surface area (Å²) in [5.74, 6) is 0.873. The Labute approximate surface area is 177 Å². The van der Waals surface area contributed by atoms with Gasteiger partial charge < -0.3 is 18.9 Å². The van der Waals surface area contributed by atoms with Crippen molar-refractivity contribution in [1.82, 2.24) is 0 Å². The highest BCUT2D eigenvalue weighted by molar-refractivity contribution is 6.11. The smallest absolute Gasteiger partial charge is 0.310 e. The predicted octanol–water partition coefficient (Wildman–Crippen LogP) is 5.09. The molecule has 0 unspecified atom stereocenters. The molecule has 2 aromatic rings. The van der Waals surface area contributed by atoms with Crippen LogP contribution in [0.3, 0.4) is 0 Å². The Morgan fingerprint density at radius 1 is 0.800 bits per heavy atom. The van der Waals surface area contributed by atoms with Crippen LogP contribution in [-0.4, -0.2) is 31.6 Å². The molecule has 0 saturated carbocycles. The number of carbonyl (C=O) groups excluding carboxylic acids is 2. The number of rotatable bonds is 11. The molecule has 2 aromatic carbocycles. The lowest BCUT2D eigenvalue weighted by atomic mass is 10.1. The first-order valence-corrected chi connectivity index (χ1v) is 10.1. The van der Waals surface area contributed by atoms with Gasteiger partial charge in [-0.3, -0.25) is 9.59 Å². The highest BCUT2D eigenvalue weighted by Gasteiger charge is 2.21. The van der Waals surface area contributed by atoms with Gasteiger partial charge in [0.25, 0.3) is 0 Å². The van der Waals surface area contributed by atoms with Crippen molar-refractivity contribution in [3.05, 3.63) is 53.6 Å². The SMILES string of the molecule is CCOc1ccc(C=CC(=O)c2c(OCC)cc(OCC)cc2OC(=O)CC)cc1. The Hall–Kier alpha value is -3.28. The van der Waals surface area contributed by atoms with E-state index in [4.69, 9.17) is 18.9 Å². The molecule has 0 radical (unpaired) electrons. The zero-order valence-electron chi connectivity index (χ0n) is 17.9. The summed E-state index contributed by atoms with van der Waals surface area (Å²) in [4.78, 5) is 24.9. The van der Waals surface area contributed by atoms with Gasteiger partial charge in [-0.1, -0.05) is 25.1 Å². The topological polar surface area (TPSA) is 71.1 Å². The number of hydrogen-bond donors (Lipinski definition) is 0. The van der Waals surface area contributed by atoms with E-state index in [9.17, 15) is 9.59 Å². The zero-order valence-corrected chi connectivity index (χ0v) is 17.9. The number of ether oxygens (including phenoxy) is 4. The van der Waals surface area contributed by atoms with E-state index in [1.54, 1.807) is 19.1 Å². The summed E-state index contributed by atoms with van der Waals surface area (Å²) in [6.45, 7) is 8.63. The first-order chi connectivity index (χ1) is 14.5. The maximum absolute atomic E-state index is 13.0. The van der Waals surface area contributed by atoms with Crippen molar-refractivity contribution >= 4 is 17.8 Å². The first-order valence-electron chi connectivity index (χ1n) is 10.1. The van der Waals surface area contributed by atoms with Crippen molar-refractivity contribution in [3.63, 3.8) is 0 Å². The highest BCUT2D eigenvalue weighted by Crippen LogP contribution is 2.35. The summed E-state index contributed by atoms with van der Waals surface area (Å²) in [7, 11) is 0. The minimum Gasteiger partial charge on any atom is -0.494 e. The van der Waals surface area contributed by atoms with Gasteiger partial charge in [0.15, 0.2) is 5.78 Å². The van der Waals surface area contributed by atoms with Gasteiger partial charge in [-0.15, -0.1) is 0 Å². The Morgan fingerprint density at radius 3 is 2.00 bits per heavy atom. The third-order valence-corrected chi connectivity index (χ3v) is 4.03. The number of benzene rings is 2. The van der Waals surface area contributed by atoms with Crippen LogP contribution in [0.1, 0.15) is 50.0 Å². The van der Waals surface area contributed by atoms with Crippen molar-refractivity contribution in [1.29, 1.82) is 0 Å². The normalized spacial score (nSPS) is 10.7. The van der Waals surface area contributed by atoms with E-state index < -0.39 is 5.97 Å². The van der Waals surface area contributed by atoms with E-state index in [2.05, 4.69) is 0 Å². The molecule has 6 heteroatoms. The molecule has 0 amide bonds. The van der Waals surface area contributed by atoms with Crippen molar-refractivity contribution in [2.24, 2.45) is 0 Å². The Kier molecular flexibility index (Phi) is 8.94. The lowest BCUT2D eigenvalue weighted by Crippen LogP contribution is -2.11. The largest absolute Gasteiger partial charge is 0.494 e. The molecular formula is C24H28O6. The zero-order chi connectivity index (χ0) is 21.9. The fourth-order valence-corrected chi connectivity index (χ4v) is 2.70. The molecule has 0 heterocycles. The minimum absolute atomic E-state index is 0.123. The van der Waals surface area contributed by atoms with Crippen LogP contribution in [0, 0.1) is 0 Å². The van der Waals surface area contributed by atoms with Gasteiger partial charge >= 0.3 is 5.97 Å². The molecule has 160 valence electrons. The summed E-state index contributed by atoms with van der Waals surface area (Å²) < 4.78 is 22.0. The summed E-state index contributed by atoms with van der Waals surface area (Å²) in [6.07, 6.45) is 3.30. The van der Waals surface area contributed by atoms with Crippen LogP contribution in [0.5, 0.6) is 23.0 Å². The Balaban J connectivity index is 2.39. The van der Waals surface area contributed by atoms with Gasteiger partial charge in [-0.2, -0.15) is 0 Å². The number of esters is 1. The monoisotopic (exact) mass is 412 g/mol. The molecule has 6 nitrogen and oxygen atoms in total. The molecule has 0 bridgehead atoms. The van der Waals surface area contributed by atoms with Crippen LogP contribution in [0.15, 0.2) is 42.5 Å². The van der Waals surface area contributed by atoms with Gasteiger partial charge in [0.1, 0.15) is 28.6 Å². The summed E-state index contributed by atoms with van der Waals surface area (Å²) >= 11 is 0. The van der Waals surface area contributed by atoms with E-state index in [0.29, 0.717) is 31.3 Å². The lowest BCUT2D eigenvalue weighted by molar-refractivity contribution is -0.134. The number of allylic oxidation sites excluding steroid dienone is 1. The number of ketones is 1. The van der Waals surface area contributed by atoms with Gasteiger partial charge in [0.05, 0.1) is 19.8 Å². The molecule has 30 heavy (non-hydrogen) atoms. The minimum atomic E-state index is -0.448.